The molecular formula is C19H17N7O2. The van der Waals surface area contributed by atoms with Gasteiger partial charge in [0.15, 0.2) is 11.6 Å². The summed E-state index contributed by atoms with van der Waals surface area (Å²) in [6, 6.07) is 7.34. The highest BCUT2D eigenvalue weighted by Gasteiger charge is 2.13. The molecule has 9 heteroatoms. The van der Waals surface area contributed by atoms with E-state index in [1.807, 2.05) is 25.1 Å². The van der Waals surface area contributed by atoms with Gasteiger partial charge in [-0.05, 0) is 25.1 Å². The first kappa shape index (κ1) is 17.6. The normalized spacial score (nSPS) is 12.0. The van der Waals surface area contributed by atoms with Crippen molar-refractivity contribution in [3.05, 3.63) is 53.4 Å². The third kappa shape index (κ3) is 3.28. The fourth-order valence-electron chi connectivity index (χ4n) is 2.78. The largest absolute Gasteiger partial charge is 0.390 e. The van der Waals surface area contributed by atoms with Crippen molar-refractivity contribution < 1.29 is 9.63 Å². The summed E-state index contributed by atoms with van der Waals surface area (Å²) in [5.74, 6) is 7.80. The number of aromatic nitrogens is 6. The summed E-state index contributed by atoms with van der Waals surface area (Å²) < 4.78 is 6.62. The summed E-state index contributed by atoms with van der Waals surface area (Å²) in [5, 5.41) is 18.8. The van der Waals surface area contributed by atoms with E-state index >= 15 is 0 Å². The monoisotopic (exact) mass is 375 g/mol. The fraction of sp³-hybridized carbons (Fsp3) is 0.211. The molecule has 0 saturated heterocycles. The maximum atomic E-state index is 9.64. The molecule has 9 nitrogen and oxygen atoms in total. The van der Waals surface area contributed by atoms with Gasteiger partial charge in [-0.3, -0.25) is 0 Å². The van der Waals surface area contributed by atoms with Crippen LogP contribution in [0.2, 0.25) is 0 Å². The first-order valence-corrected chi connectivity index (χ1v) is 8.58. The molecule has 3 N–H and O–H groups in total. The molecule has 140 valence electrons. The summed E-state index contributed by atoms with van der Waals surface area (Å²) in [7, 11) is 0. The minimum atomic E-state index is -0.191. The van der Waals surface area contributed by atoms with Gasteiger partial charge in [0.25, 0.3) is 0 Å². The molecule has 0 bridgehead atoms. The van der Waals surface area contributed by atoms with Gasteiger partial charge < -0.3 is 15.4 Å². The van der Waals surface area contributed by atoms with Gasteiger partial charge in [-0.15, -0.1) is 0 Å². The van der Waals surface area contributed by atoms with Gasteiger partial charge in [-0.1, -0.05) is 17.0 Å². The lowest BCUT2D eigenvalue weighted by Crippen LogP contribution is -2.03. The highest BCUT2D eigenvalue weighted by atomic mass is 16.5. The molecule has 0 spiro atoms. The van der Waals surface area contributed by atoms with Gasteiger partial charge in [0.05, 0.1) is 23.7 Å². The lowest BCUT2D eigenvalue weighted by Gasteiger charge is -2.03. The van der Waals surface area contributed by atoms with Crippen LogP contribution in [0.4, 0.5) is 5.95 Å². The number of benzene rings is 1. The average molecular weight is 375 g/mol. The summed E-state index contributed by atoms with van der Waals surface area (Å²) >= 11 is 0. The van der Waals surface area contributed by atoms with Gasteiger partial charge in [-0.2, -0.15) is 15.1 Å². The van der Waals surface area contributed by atoms with Crippen molar-refractivity contribution in [1.82, 2.24) is 29.9 Å². The third-order valence-corrected chi connectivity index (χ3v) is 4.15. The number of nitrogens with two attached hydrogens (primary N) is 1. The van der Waals surface area contributed by atoms with Crippen molar-refractivity contribution in [2.45, 2.75) is 26.4 Å². The highest BCUT2D eigenvalue weighted by molar-refractivity contribution is 5.84. The van der Waals surface area contributed by atoms with Crippen molar-refractivity contribution in [3.63, 3.8) is 0 Å². The molecule has 4 aromatic rings. The van der Waals surface area contributed by atoms with Crippen LogP contribution < -0.4 is 5.73 Å². The first-order valence-electron chi connectivity index (χ1n) is 8.58. The predicted molar refractivity (Wildman–Crippen MR) is 101 cm³/mol. The molecule has 0 aliphatic carbocycles. The second-order valence-corrected chi connectivity index (χ2v) is 6.18. The molecule has 0 aliphatic heterocycles. The first-order chi connectivity index (χ1) is 13.5. The number of aryl methyl sites for hydroxylation is 1. The molecule has 0 radical (unpaired) electrons. The van der Waals surface area contributed by atoms with E-state index in [4.69, 9.17) is 10.3 Å². The van der Waals surface area contributed by atoms with Gasteiger partial charge in [0, 0.05) is 30.1 Å². The topological polar surface area (TPSA) is 129 Å². The van der Waals surface area contributed by atoms with Gasteiger partial charge >= 0.3 is 0 Å². The summed E-state index contributed by atoms with van der Waals surface area (Å²) in [6.07, 6.45) is 1.56. The number of hydrogen-bond donors (Lipinski definition) is 2. The Morgan fingerprint density at radius 3 is 2.86 bits per heavy atom. The van der Waals surface area contributed by atoms with Crippen LogP contribution in [0.25, 0.3) is 16.7 Å². The van der Waals surface area contributed by atoms with Crippen LogP contribution in [0, 0.1) is 18.8 Å². The Morgan fingerprint density at radius 2 is 2.14 bits per heavy atom. The van der Waals surface area contributed by atoms with Crippen molar-refractivity contribution in [2.75, 3.05) is 5.73 Å². The minimum absolute atomic E-state index is 0.145. The zero-order chi connectivity index (χ0) is 19.7. The Kier molecular flexibility index (Phi) is 4.47. The second kappa shape index (κ2) is 7.09. The van der Waals surface area contributed by atoms with Crippen LogP contribution in [0.15, 0.2) is 35.0 Å². The molecular weight excluding hydrogens is 358 g/mol. The third-order valence-electron chi connectivity index (χ3n) is 4.15. The average Bonchev–Trinajstić information content (AvgIpc) is 3.29. The zero-order valence-corrected chi connectivity index (χ0v) is 15.3. The number of aliphatic hydroxyl groups is 1. The summed E-state index contributed by atoms with van der Waals surface area (Å²) in [4.78, 5) is 12.3. The fourth-order valence-corrected chi connectivity index (χ4v) is 2.78. The number of hydrogen-bond acceptors (Lipinski definition) is 8. The van der Waals surface area contributed by atoms with Crippen molar-refractivity contribution >= 4 is 16.9 Å². The van der Waals surface area contributed by atoms with Crippen LogP contribution in [0.3, 0.4) is 0 Å². The Hall–Kier alpha value is -3.77. The molecule has 0 fully saturated rings. The number of rotatable bonds is 3. The van der Waals surface area contributed by atoms with Gasteiger partial charge in [0.2, 0.25) is 11.8 Å². The number of aliphatic hydroxyl groups excluding tert-OH is 1. The molecule has 3 heterocycles. The molecule has 4 rings (SSSR count). The molecule has 3 aromatic heterocycles. The quantitative estimate of drug-likeness (QED) is 0.518. The molecule has 28 heavy (non-hydrogen) atoms. The molecule has 0 unspecified atom stereocenters. The molecule has 0 saturated carbocycles. The molecule has 0 aliphatic rings. The van der Waals surface area contributed by atoms with E-state index in [1.54, 1.807) is 23.9 Å². The van der Waals surface area contributed by atoms with E-state index in [-0.39, 0.29) is 18.5 Å². The van der Waals surface area contributed by atoms with E-state index in [2.05, 4.69) is 37.0 Å². The van der Waals surface area contributed by atoms with Crippen LogP contribution >= 0.6 is 0 Å². The van der Waals surface area contributed by atoms with Crippen LogP contribution in [0.1, 0.15) is 35.8 Å². The van der Waals surface area contributed by atoms with E-state index in [0.29, 0.717) is 23.2 Å². The number of nitrogen functional groups attached to an aromatic ring is 1. The Balaban J connectivity index is 1.76. The maximum absolute atomic E-state index is 9.64. The number of anilines is 1. The lowest BCUT2D eigenvalue weighted by molar-refractivity contribution is 0.277. The molecule has 1 aromatic carbocycles. The highest BCUT2D eigenvalue weighted by Crippen LogP contribution is 2.23. The lowest BCUT2D eigenvalue weighted by atomic mass is 10.1. The minimum Gasteiger partial charge on any atom is -0.390 e. The van der Waals surface area contributed by atoms with Crippen molar-refractivity contribution in [2.24, 2.45) is 0 Å². The second-order valence-electron chi connectivity index (χ2n) is 6.18. The van der Waals surface area contributed by atoms with Crippen molar-refractivity contribution in [3.8, 4) is 17.7 Å². The maximum Gasteiger partial charge on any atom is 0.223 e. The number of fused-ring (bicyclic) bond motifs is 1. The Labute approximate surface area is 160 Å². The smallest absolute Gasteiger partial charge is 0.223 e. The molecule has 1 atom stereocenters. The van der Waals surface area contributed by atoms with Crippen molar-refractivity contribution in [1.29, 1.82) is 0 Å². The van der Waals surface area contributed by atoms with E-state index in [0.717, 1.165) is 16.5 Å². The van der Waals surface area contributed by atoms with E-state index < -0.39 is 0 Å². The van der Waals surface area contributed by atoms with E-state index in [9.17, 15) is 5.11 Å². The summed E-state index contributed by atoms with van der Waals surface area (Å²) in [5.41, 5.74) is 7.78. The van der Waals surface area contributed by atoms with Crippen LogP contribution in [-0.4, -0.2) is 35.0 Å². The predicted octanol–water partition coefficient (Wildman–Crippen LogP) is 1.74. The Bertz CT molecular complexity index is 1220. The standard InChI is InChI=1S/C19H17N7O2/c1-11(18-22-12(2)28-25-18)3-4-13-5-6-14-15(10-27)24-26(16(14)9-13)17-7-8-21-19(20)23-17/h5-9,11,27H,10H2,1-2H3,(H2,20,21,23)/t11-/m0/s1. The van der Waals surface area contributed by atoms with Crippen LogP contribution in [0.5, 0.6) is 0 Å². The van der Waals surface area contributed by atoms with Crippen LogP contribution in [-0.2, 0) is 6.61 Å². The molecule has 0 amide bonds. The summed E-state index contributed by atoms with van der Waals surface area (Å²) in [6.45, 7) is 3.46. The van der Waals surface area contributed by atoms with Gasteiger partial charge in [0.1, 0.15) is 0 Å². The number of nitrogens with zero attached hydrogens (tertiary/aromatic N) is 6. The Morgan fingerprint density at radius 1 is 1.29 bits per heavy atom. The SMILES string of the molecule is Cc1nc([C@@H](C)C#Cc2ccc3c(CO)nn(-c4ccnc(N)n4)c3c2)no1. The zero-order valence-electron chi connectivity index (χ0n) is 15.3. The van der Waals surface area contributed by atoms with E-state index in [1.165, 1.54) is 0 Å². The van der Waals surface area contributed by atoms with Gasteiger partial charge in [-0.25, -0.2) is 9.67 Å².